The van der Waals surface area contributed by atoms with Crippen LogP contribution in [0.3, 0.4) is 0 Å². The average Bonchev–Trinajstić information content (AvgIpc) is 3.33. The van der Waals surface area contributed by atoms with Crippen molar-refractivity contribution in [1.82, 2.24) is 5.32 Å². The fraction of sp³-hybridized carbons (Fsp3) is 0.906. The van der Waals surface area contributed by atoms with Gasteiger partial charge in [-0.15, -0.1) is 0 Å². The molecule has 1 amide bonds. The summed E-state index contributed by atoms with van der Waals surface area (Å²) in [5.41, 5.74) is 1.06. The molecule has 3 saturated heterocycles. The highest BCUT2D eigenvalue weighted by atomic mass is 16.8. The lowest BCUT2D eigenvalue weighted by Gasteiger charge is -2.71. The van der Waals surface area contributed by atoms with Gasteiger partial charge < -0.3 is 90.2 Å². The molecule has 0 aromatic heterocycles. The van der Waals surface area contributed by atoms with Gasteiger partial charge in [-0.05, 0) is 123 Å². The normalized spacial score (nSPS) is 50.5. The summed E-state index contributed by atoms with van der Waals surface area (Å²) in [5, 5.41) is 104. The molecule has 5 aliphatic carbocycles. The molecular weight excluding hydrogens is 953 g/mol. The van der Waals surface area contributed by atoms with Crippen molar-refractivity contribution < 1.29 is 94.5 Å². The van der Waals surface area contributed by atoms with Crippen LogP contribution in [0, 0.1) is 50.2 Å². The van der Waals surface area contributed by atoms with Gasteiger partial charge in [0.05, 0.1) is 49.5 Å². The van der Waals surface area contributed by atoms with E-state index in [4.69, 9.17) is 28.4 Å². The Morgan fingerprint density at radius 3 is 2.16 bits per heavy atom. The molecule has 24 atom stereocenters. The molecule has 8 rings (SSSR count). The summed E-state index contributed by atoms with van der Waals surface area (Å²) in [7, 11) is 0. The van der Waals surface area contributed by atoms with Gasteiger partial charge in [-0.3, -0.25) is 9.59 Å². The minimum absolute atomic E-state index is 0.0355. The van der Waals surface area contributed by atoms with Crippen molar-refractivity contribution in [2.75, 3.05) is 19.8 Å². The first-order valence-electron chi connectivity index (χ1n) is 27.0. The number of ether oxygens (including phenoxy) is 6. The number of hydrogen-bond donors (Lipinski definition) is 11. The lowest BCUT2D eigenvalue weighted by atomic mass is 9.33. The van der Waals surface area contributed by atoms with Crippen molar-refractivity contribution in [3.05, 3.63) is 11.6 Å². The van der Waals surface area contributed by atoms with Gasteiger partial charge >= 0.3 is 5.97 Å². The fourth-order valence-corrected chi connectivity index (χ4v) is 15.7. The zero-order valence-electron chi connectivity index (χ0n) is 43.8. The fourth-order valence-electron chi connectivity index (χ4n) is 15.7. The maximum atomic E-state index is 15.6. The minimum Gasteiger partial charge on any atom is -0.432 e. The summed E-state index contributed by atoms with van der Waals surface area (Å²) in [4.78, 5) is 41.7. The second-order valence-corrected chi connectivity index (χ2v) is 25.0. The van der Waals surface area contributed by atoms with Gasteiger partial charge in [0.2, 0.25) is 12.2 Å². The zero-order chi connectivity index (χ0) is 53.4. The van der Waals surface area contributed by atoms with Crippen LogP contribution < -0.4 is 11.1 Å². The number of allylic oxidation sites excluding steroid dienone is 2. The van der Waals surface area contributed by atoms with Gasteiger partial charge in [0.15, 0.2) is 18.7 Å². The summed E-state index contributed by atoms with van der Waals surface area (Å²) >= 11 is 0. The molecule has 73 heavy (non-hydrogen) atoms. The van der Waals surface area contributed by atoms with E-state index in [-0.39, 0.29) is 54.0 Å². The van der Waals surface area contributed by atoms with Crippen LogP contribution in [0.1, 0.15) is 132 Å². The summed E-state index contributed by atoms with van der Waals surface area (Å²) in [6, 6.07) is -1.33. The molecule has 7 fully saturated rings. The van der Waals surface area contributed by atoms with Crippen molar-refractivity contribution >= 4 is 18.2 Å². The van der Waals surface area contributed by atoms with Gasteiger partial charge in [0.1, 0.15) is 60.5 Å². The van der Waals surface area contributed by atoms with E-state index < -0.39 is 139 Å². The third-order valence-corrected chi connectivity index (χ3v) is 20.4. The van der Waals surface area contributed by atoms with Crippen molar-refractivity contribution in [2.24, 2.45) is 50.2 Å². The van der Waals surface area contributed by atoms with Gasteiger partial charge in [0, 0.05) is 6.42 Å². The van der Waals surface area contributed by atoms with Gasteiger partial charge in [-0.25, -0.2) is 0 Å². The molecule has 8 aliphatic rings. The number of carbonyl (C=O) groups excluding carboxylic acids is 3. The maximum Gasteiger partial charge on any atom is 0.317 e. The number of hydrogen-bond acceptors (Lipinski definition) is 18. The van der Waals surface area contributed by atoms with Crippen molar-refractivity contribution in [1.29, 1.82) is 0 Å². The number of aliphatic hydroxyl groups excluding tert-OH is 9. The Morgan fingerprint density at radius 1 is 0.781 bits per heavy atom. The largest absolute Gasteiger partial charge is 0.432 e. The highest BCUT2D eigenvalue weighted by molar-refractivity contribution is 5.80. The van der Waals surface area contributed by atoms with Crippen molar-refractivity contribution in [2.45, 2.75) is 230 Å². The summed E-state index contributed by atoms with van der Waals surface area (Å²) < 4.78 is 36.3. The van der Waals surface area contributed by atoms with E-state index in [1.165, 1.54) is 6.92 Å². The topological polar surface area (TPSA) is 328 Å². The van der Waals surface area contributed by atoms with Gasteiger partial charge in [-0.2, -0.15) is 0 Å². The van der Waals surface area contributed by atoms with Crippen LogP contribution in [0.15, 0.2) is 11.6 Å². The Hall–Kier alpha value is -2.25. The standard InChI is InChI=1S/C53H86N2O18/c1-26-42(71-44-40(65)37(62)29(58)24-68-44)39(64)41(66)45(69-26)72-43-38(63)36(55-35(61)11-9-8-10-20-54)30(23-56)70-46(43)73-47(67)53-19-18-48(2,3)21-28(53)27-12-13-32-49(4)16-15-33(59)50(5,25-57)31(49)14-17-51(32,6)52(27,7)22-34(53)60/h12,25-26,28-34,36-46,56,58-60,62-66H,8-11,13-24,54H2,1-7H3,(H,55,61)/p+1/t26?,28?,29-,30?,31-,32?,33+,34+,36+,37?,38?,39?,40?,41?,42+,43?,44+,45+,46+,49?,50?,51?,52-,53-/m1/s1. The number of amides is 1. The monoisotopic (exact) mass is 1040 g/mol. The number of esters is 1. The first kappa shape index (κ1) is 56.9. The van der Waals surface area contributed by atoms with Gasteiger partial charge in [-0.1, -0.05) is 53.2 Å². The number of nitrogens with one attached hydrogen (secondary N) is 1. The lowest BCUT2D eigenvalue weighted by molar-refractivity contribution is -0.370. The molecule has 3 heterocycles. The van der Waals surface area contributed by atoms with Crippen molar-refractivity contribution in [3.63, 3.8) is 0 Å². The molecule has 4 saturated carbocycles. The van der Waals surface area contributed by atoms with E-state index in [1.54, 1.807) is 0 Å². The molecule has 0 spiro atoms. The second kappa shape index (κ2) is 21.2. The molecule has 416 valence electrons. The molecule has 0 aromatic carbocycles. The zero-order valence-corrected chi connectivity index (χ0v) is 43.8. The molecule has 0 aromatic rings. The van der Waals surface area contributed by atoms with Crippen LogP contribution >= 0.6 is 0 Å². The minimum atomic E-state index is -1.93. The molecular formula is C53H87N2O18+. The third-order valence-electron chi connectivity index (χ3n) is 20.4. The SMILES string of the molecule is CC1O[C@@H](OC2C(O)[C@@H](NC(=O)CCCCC[NH3+])C(CO)O[C@H]2OC(=O)[C@]23CCC(C)(C)CC2C2=CCC4C5(C)CC[C@H](O)C(C)(C=O)[C@@H]5CCC4(C)[C@]2(C)C[C@@H]3O)C(O)C(O)[C@H]1O[C@@H]1OC[C@@H](O)C(O)C1O. The molecule has 13 N–H and O–H groups in total. The number of fused-ring (bicyclic) bond motifs is 7. The second-order valence-electron chi connectivity index (χ2n) is 25.0. The first-order chi connectivity index (χ1) is 34.3. The van der Waals surface area contributed by atoms with Crippen LogP contribution in [0.4, 0.5) is 0 Å². The quantitative estimate of drug-likeness (QED) is 0.0468. The van der Waals surface area contributed by atoms with Crippen LogP contribution in [0.2, 0.25) is 0 Å². The maximum absolute atomic E-state index is 15.6. The highest BCUT2D eigenvalue weighted by Crippen LogP contribution is 2.76. The van der Waals surface area contributed by atoms with E-state index in [0.717, 1.165) is 44.0 Å². The van der Waals surface area contributed by atoms with E-state index in [1.807, 2.05) is 6.92 Å². The average molecular weight is 1040 g/mol. The van der Waals surface area contributed by atoms with Gasteiger partial charge in [0.25, 0.3) is 0 Å². The Bertz CT molecular complexity index is 2030. The van der Waals surface area contributed by atoms with E-state index in [0.29, 0.717) is 38.6 Å². The van der Waals surface area contributed by atoms with E-state index in [2.05, 4.69) is 51.7 Å². The number of aldehydes is 1. The van der Waals surface area contributed by atoms with Crippen LogP contribution in [-0.4, -0.2) is 182 Å². The van der Waals surface area contributed by atoms with E-state index >= 15 is 4.79 Å². The Balaban J connectivity index is 1.10. The predicted molar refractivity (Wildman–Crippen MR) is 257 cm³/mol. The molecule has 0 bridgehead atoms. The summed E-state index contributed by atoms with van der Waals surface area (Å²) in [6.45, 7) is 14.1. The van der Waals surface area contributed by atoms with Crippen LogP contribution in [-0.2, 0) is 42.8 Å². The van der Waals surface area contributed by atoms with E-state index in [9.17, 15) is 55.5 Å². The molecule has 0 radical (unpaired) electrons. The summed E-state index contributed by atoms with van der Waals surface area (Å²) in [6.07, 6.45) is -12.5. The number of unbranched alkanes of at least 4 members (excludes halogenated alkanes) is 2. The highest BCUT2D eigenvalue weighted by Gasteiger charge is 2.72. The van der Waals surface area contributed by atoms with Crippen molar-refractivity contribution in [3.8, 4) is 0 Å². The Kier molecular flexibility index (Phi) is 16.5. The molecule has 3 aliphatic heterocycles. The number of quaternary nitrogens is 1. The smallest absolute Gasteiger partial charge is 0.317 e. The van der Waals surface area contributed by atoms with Crippen LogP contribution in [0.5, 0.6) is 0 Å². The molecule has 20 nitrogen and oxygen atoms in total. The van der Waals surface area contributed by atoms with Crippen LogP contribution in [0.25, 0.3) is 0 Å². The molecule has 20 heteroatoms. The molecule has 13 unspecified atom stereocenters. The summed E-state index contributed by atoms with van der Waals surface area (Å²) in [5.74, 6) is -1.69. The Morgan fingerprint density at radius 2 is 1.48 bits per heavy atom. The Labute approximate surface area is 428 Å². The third kappa shape index (κ3) is 9.59. The predicted octanol–water partition coefficient (Wildman–Crippen LogP) is -0.117. The lowest BCUT2D eigenvalue weighted by Crippen LogP contribution is -2.69. The number of carbonyl (C=O) groups is 3. The first-order valence-corrected chi connectivity index (χ1v) is 27.0. The number of rotatable bonds is 14. The number of aliphatic hydroxyl groups is 9.